The first-order chi connectivity index (χ1) is 6.22. The molecule has 0 aromatic carbocycles. The quantitative estimate of drug-likeness (QED) is 0.368. The molecule has 0 rings (SSSR count). The summed E-state index contributed by atoms with van der Waals surface area (Å²) in [5.41, 5.74) is 0. The molecule has 1 N–H and O–H groups in total. The van der Waals surface area contributed by atoms with E-state index in [9.17, 15) is 0 Å². The Kier molecular flexibility index (Phi) is 7.63. The van der Waals surface area contributed by atoms with Crippen LogP contribution in [0, 0.1) is 5.41 Å². The molecule has 13 heavy (non-hydrogen) atoms. The van der Waals surface area contributed by atoms with Crippen molar-refractivity contribution in [2.45, 2.75) is 13.3 Å². The fourth-order valence-corrected chi connectivity index (χ4v) is 1.05. The SMILES string of the molecule is COCCCN(CCOC)C(C)=N. The van der Waals surface area contributed by atoms with Gasteiger partial charge in [0.2, 0.25) is 0 Å². The normalized spacial score (nSPS) is 10.1. The lowest BCUT2D eigenvalue weighted by molar-refractivity contribution is 0.160. The highest BCUT2D eigenvalue weighted by atomic mass is 16.5. The maximum absolute atomic E-state index is 7.50. The van der Waals surface area contributed by atoms with Crippen molar-refractivity contribution in [3.05, 3.63) is 0 Å². The second kappa shape index (κ2) is 8.01. The summed E-state index contributed by atoms with van der Waals surface area (Å²) >= 11 is 0. The highest BCUT2D eigenvalue weighted by molar-refractivity contribution is 5.76. The van der Waals surface area contributed by atoms with E-state index >= 15 is 0 Å². The van der Waals surface area contributed by atoms with Gasteiger partial charge in [-0.1, -0.05) is 0 Å². The monoisotopic (exact) mass is 188 g/mol. The van der Waals surface area contributed by atoms with Crippen LogP contribution in [-0.4, -0.2) is 51.3 Å². The van der Waals surface area contributed by atoms with Crippen LogP contribution in [0.15, 0.2) is 0 Å². The van der Waals surface area contributed by atoms with Crippen molar-refractivity contribution in [2.75, 3.05) is 40.5 Å². The Balaban J connectivity index is 3.61. The van der Waals surface area contributed by atoms with E-state index in [4.69, 9.17) is 14.9 Å². The highest BCUT2D eigenvalue weighted by Crippen LogP contribution is 1.93. The van der Waals surface area contributed by atoms with Crippen LogP contribution in [0.1, 0.15) is 13.3 Å². The first-order valence-corrected chi connectivity index (χ1v) is 4.50. The van der Waals surface area contributed by atoms with Gasteiger partial charge in [-0.2, -0.15) is 0 Å². The Bertz CT molecular complexity index is 140. The number of methoxy groups -OCH3 is 2. The highest BCUT2D eigenvalue weighted by Gasteiger charge is 2.03. The average Bonchev–Trinajstić information content (AvgIpc) is 2.10. The van der Waals surface area contributed by atoms with Crippen molar-refractivity contribution in [1.82, 2.24) is 4.90 Å². The van der Waals surface area contributed by atoms with Gasteiger partial charge in [-0.15, -0.1) is 0 Å². The van der Waals surface area contributed by atoms with Crippen molar-refractivity contribution in [2.24, 2.45) is 0 Å². The molecule has 0 atom stereocenters. The van der Waals surface area contributed by atoms with Gasteiger partial charge in [-0.3, -0.25) is 5.41 Å². The smallest absolute Gasteiger partial charge is 0.0926 e. The number of hydrogen-bond donors (Lipinski definition) is 1. The molecule has 0 amide bonds. The topological polar surface area (TPSA) is 45.6 Å². The first kappa shape index (κ1) is 12.4. The summed E-state index contributed by atoms with van der Waals surface area (Å²) in [5.74, 6) is 0.591. The second-order valence-corrected chi connectivity index (χ2v) is 2.91. The molecule has 4 heteroatoms. The molecule has 0 aliphatic rings. The van der Waals surface area contributed by atoms with E-state index in [1.165, 1.54) is 0 Å². The minimum Gasteiger partial charge on any atom is -0.385 e. The van der Waals surface area contributed by atoms with Gasteiger partial charge < -0.3 is 14.4 Å². The molecule has 0 aliphatic carbocycles. The Morgan fingerprint density at radius 2 is 1.77 bits per heavy atom. The van der Waals surface area contributed by atoms with Crippen molar-refractivity contribution in [3.8, 4) is 0 Å². The third kappa shape index (κ3) is 6.54. The van der Waals surface area contributed by atoms with E-state index in [1.807, 2.05) is 4.90 Å². The summed E-state index contributed by atoms with van der Waals surface area (Å²) in [6.45, 7) is 4.87. The van der Waals surface area contributed by atoms with Gasteiger partial charge in [-0.05, 0) is 13.3 Å². The van der Waals surface area contributed by atoms with Crippen LogP contribution in [-0.2, 0) is 9.47 Å². The Morgan fingerprint density at radius 1 is 1.15 bits per heavy atom. The maximum Gasteiger partial charge on any atom is 0.0926 e. The molecular weight excluding hydrogens is 168 g/mol. The molecular formula is C9H20N2O2. The third-order valence-electron chi connectivity index (χ3n) is 1.82. The largest absolute Gasteiger partial charge is 0.385 e. The number of amidine groups is 1. The van der Waals surface area contributed by atoms with Crippen LogP contribution in [0.25, 0.3) is 0 Å². The van der Waals surface area contributed by atoms with Crippen molar-refractivity contribution in [1.29, 1.82) is 5.41 Å². The minimum absolute atomic E-state index is 0.591. The van der Waals surface area contributed by atoms with Gasteiger partial charge in [0.1, 0.15) is 0 Å². The molecule has 0 unspecified atom stereocenters. The molecule has 0 heterocycles. The molecule has 78 valence electrons. The van der Waals surface area contributed by atoms with Crippen molar-refractivity contribution < 1.29 is 9.47 Å². The zero-order valence-corrected chi connectivity index (χ0v) is 8.80. The fourth-order valence-electron chi connectivity index (χ4n) is 1.05. The summed E-state index contributed by atoms with van der Waals surface area (Å²) in [5, 5.41) is 7.50. The van der Waals surface area contributed by atoms with Crippen LogP contribution >= 0.6 is 0 Å². The molecule has 4 nitrogen and oxygen atoms in total. The summed E-state index contributed by atoms with van der Waals surface area (Å²) < 4.78 is 9.91. The van der Waals surface area contributed by atoms with Crippen LogP contribution in [0.2, 0.25) is 0 Å². The van der Waals surface area contributed by atoms with Crippen molar-refractivity contribution >= 4 is 5.84 Å². The lowest BCUT2D eigenvalue weighted by atomic mass is 10.3. The number of nitrogens with zero attached hydrogens (tertiary/aromatic N) is 1. The van der Waals surface area contributed by atoms with Gasteiger partial charge in [0.15, 0.2) is 0 Å². The number of rotatable bonds is 7. The molecule has 0 bridgehead atoms. The average molecular weight is 188 g/mol. The predicted molar refractivity (Wildman–Crippen MR) is 53.3 cm³/mol. The van der Waals surface area contributed by atoms with Crippen LogP contribution in [0.3, 0.4) is 0 Å². The Labute approximate surface area is 80.3 Å². The molecule has 0 aromatic heterocycles. The summed E-state index contributed by atoms with van der Waals surface area (Å²) in [7, 11) is 3.36. The van der Waals surface area contributed by atoms with E-state index in [0.29, 0.717) is 12.4 Å². The van der Waals surface area contributed by atoms with Gasteiger partial charge >= 0.3 is 0 Å². The molecule has 0 aliphatic heterocycles. The van der Waals surface area contributed by atoms with Crippen LogP contribution < -0.4 is 0 Å². The number of ether oxygens (including phenoxy) is 2. The van der Waals surface area contributed by atoms with Gasteiger partial charge in [0.05, 0.1) is 12.4 Å². The minimum atomic E-state index is 0.591. The number of nitrogens with one attached hydrogen (secondary N) is 1. The zero-order chi connectivity index (χ0) is 10.1. The van der Waals surface area contributed by atoms with Gasteiger partial charge in [0, 0.05) is 33.9 Å². The van der Waals surface area contributed by atoms with E-state index in [2.05, 4.69) is 0 Å². The maximum atomic E-state index is 7.50. The van der Waals surface area contributed by atoms with Crippen molar-refractivity contribution in [3.63, 3.8) is 0 Å². The lowest BCUT2D eigenvalue weighted by Crippen LogP contribution is -2.32. The summed E-state index contributed by atoms with van der Waals surface area (Å²) in [4.78, 5) is 1.99. The van der Waals surface area contributed by atoms with E-state index in [-0.39, 0.29) is 0 Å². The van der Waals surface area contributed by atoms with E-state index < -0.39 is 0 Å². The molecule has 0 saturated carbocycles. The molecule has 0 fully saturated rings. The third-order valence-corrected chi connectivity index (χ3v) is 1.82. The van der Waals surface area contributed by atoms with Crippen LogP contribution in [0.5, 0.6) is 0 Å². The van der Waals surface area contributed by atoms with Gasteiger partial charge in [-0.25, -0.2) is 0 Å². The molecule has 0 spiro atoms. The van der Waals surface area contributed by atoms with E-state index in [1.54, 1.807) is 21.1 Å². The zero-order valence-electron chi connectivity index (χ0n) is 8.80. The summed E-state index contributed by atoms with van der Waals surface area (Å²) in [6, 6.07) is 0. The first-order valence-electron chi connectivity index (χ1n) is 4.50. The lowest BCUT2D eigenvalue weighted by Gasteiger charge is -2.22. The fraction of sp³-hybridized carbons (Fsp3) is 0.889. The standard InChI is InChI=1S/C9H20N2O2/c1-9(10)11(6-8-13-3)5-4-7-12-2/h10H,4-8H2,1-3H3. The van der Waals surface area contributed by atoms with Crippen LogP contribution in [0.4, 0.5) is 0 Å². The second-order valence-electron chi connectivity index (χ2n) is 2.91. The van der Waals surface area contributed by atoms with Gasteiger partial charge in [0.25, 0.3) is 0 Å². The molecule has 0 aromatic rings. The Morgan fingerprint density at radius 3 is 2.23 bits per heavy atom. The molecule has 0 radical (unpaired) electrons. The van der Waals surface area contributed by atoms with E-state index in [0.717, 1.165) is 26.1 Å². The Hall–Kier alpha value is -0.610. The number of hydrogen-bond acceptors (Lipinski definition) is 3. The predicted octanol–water partition coefficient (Wildman–Crippen LogP) is 0.968. The molecule has 0 saturated heterocycles. The summed E-state index contributed by atoms with van der Waals surface area (Å²) in [6.07, 6.45) is 0.955.